The molecule has 0 bridgehead atoms. The van der Waals surface area contributed by atoms with Crippen LogP contribution >= 0.6 is 11.7 Å². The van der Waals surface area contributed by atoms with Gasteiger partial charge in [0, 0.05) is 5.56 Å². The van der Waals surface area contributed by atoms with Crippen molar-refractivity contribution in [1.29, 1.82) is 0 Å². The van der Waals surface area contributed by atoms with E-state index in [2.05, 4.69) is 8.75 Å². The molecular formula is C19H18N2O5S. The summed E-state index contributed by atoms with van der Waals surface area (Å²) in [6, 6.07) is 9.91. The number of aryl methyl sites for hydroxylation is 1. The molecule has 0 aliphatic heterocycles. The van der Waals surface area contributed by atoms with Gasteiger partial charge in [-0.2, -0.15) is 8.75 Å². The van der Waals surface area contributed by atoms with E-state index in [1.165, 1.54) is 7.11 Å². The summed E-state index contributed by atoms with van der Waals surface area (Å²) in [7, 11) is 1.32. The number of carbonyl (C=O) groups excluding carboxylic acids is 1. The van der Waals surface area contributed by atoms with Gasteiger partial charge in [-0.05, 0) is 42.3 Å². The van der Waals surface area contributed by atoms with Gasteiger partial charge in [0.15, 0.2) is 0 Å². The number of rotatable bonds is 7. The van der Waals surface area contributed by atoms with E-state index >= 15 is 0 Å². The highest BCUT2D eigenvalue weighted by Gasteiger charge is 2.24. The third kappa shape index (κ3) is 4.06. The summed E-state index contributed by atoms with van der Waals surface area (Å²) in [6.07, 6.45) is 0.257. The number of benzene rings is 2. The van der Waals surface area contributed by atoms with Crippen molar-refractivity contribution in [1.82, 2.24) is 8.75 Å². The standard InChI is InChI=1S/C19H18N2O5S/c1-3-4-11-9-13(19(24)25-2)6-8-16(11)26-17(18(22)23)12-5-7-14-15(10-12)21-27-20-14/h5-10,17H,3-4H2,1-2H3,(H,22,23). The van der Waals surface area contributed by atoms with E-state index in [4.69, 9.17) is 9.47 Å². The first kappa shape index (κ1) is 18.8. The molecule has 1 heterocycles. The maximum atomic E-state index is 11.8. The fraction of sp³-hybridized carbons (Fsp3) is 0.263. The Morgan fingerprint density at radius 3 is 2.63 bits per heavy atom. The number of hydrogen-bond donors (Lipinski definition) is 1. The number of esters is 1. The molecule has 0 saturated heterocycles. The molecule has 140 valence electrons. The monoisotopic (exact) mass is 386 g/mol. The average molecular weight is 386 g/mol. The van der Waals surface area contributed by atoms with Crippen molar-refractivity contribution < 1.29 is 24.2 Å². The molecule has 1 atom stereocenters. The van der Waals surface area contributed by atoms with E-state index in [1.807, 2.05) is 6.92 Å². The van der Waals surface area contributed by atoms with Gasteiger partial charge in [-0.25, -0.2) is 9.59 Å². The van der Waals surface area contributed by atoms with E-state index < -0.39 is 18.0 Å². The minimum Gasteiger partial charge on any atom is -0.478 e. The van der Waals surface area contributed by atoms with Crippen LogP contribution in [0.3, 0.4) is 0 Å². The van der Waals surface area contributed by atoms with E-state index in [-0.39, 0.29) is 0 Å². The van der Waals surface area contributed by atoms with Crippen molar-refractivity contribution in [3.63, 3.8) is 0 Å². The first-order valence-corrected chi connectivity index (χ1v) is 9.09. The molecule has 8 heteroatoms. The largest absolute Gasteiger partial charge is 0.478 e. The van der Waals surface area contributed by atoms with Crippen LogP contribution in [0.15, 0.2) is 36.4 Å². The summed E-state index contributed by atoms with van der Waals surface area (Å²) in [6.45, 7) is 1.99. The van der Waals surface area contributed by atoms with Crippen molar-refractivity contribution in [2.24, 2.45) is 0 Å². The van der Waals surface area contributed by atoms with Crippen LogP contribution in [-0.2, 0) is 16.0 Å². The van der Waals surface area contributed by atoms with Gasteiger partial charge in [-0.15, -0.1) is 0 Å². The number of ether oxygens (including phenoxy) is 2. The lowest BCUT2D eigenvalue weighted by molar-refractivity contribution is -0.145. The Hall–Kier alpha value is -3.00. The number of hydrogen-bond acceptors (Lipinski definition) is 7. The number of aromatic nitrogens is 2. The third-order valence-electron chi connectivity index (χ3n) is 4.05. The van der Waals surface area contributed by atoms with Gasteiger partial charge in [0.1, 0.15) is 16.8 Å². The molecule has 0 spiro atoms. The van der Waals surface area contributed by atoms with Crippen LogP contribution in [0.2, 0.25) is 0 Å². The molecule has 0 saturated carbocycles. The summed E-state index contributed by atoms with van der Waals surface area (Å²) in [5.41, 5.74) is 2.96. The lowest BCUT2D eigenvalue weighted by Gasteiger charge is -2.18. The molecular weight excluding hydrogens is 368 g/mol. The molecule has 27 heavy (non-hydrogen) atoms. The number of carboxylic acids is 1. The number of carbonyl (C=O) groups is 2. The number of fused-ring (bicyclic) bond motifs is 1. The van der Waals surface area contributed by atoms with Crippen LogP contribution in [-0.4, -0.2) is 32.9 Å². The fourth-order valence-corrected chi connectivity index (χ4v) is 3.27. The summed E-state index contributed by atoms with van der Waals surface area (Å²) < 4.78 is 18.9. The summed E-state index contributed by atoms with van der Waals surface area (Å²) in [4.78, 5) is 23.6. The van der Waals surface area contributed by atoms with E-state index in [1.54, 1.807) is 36.4 Å². The first-order chi connectivity index (χ1) is 13.0. The second-order valence-electron chi connectivity index (χ2n) is 5.91. The quantitative estimate of drug-likeness (QED) is 0.619. The topological polar surface area (TPSA) is 98.6 Å². The summed E-state index contributed by atoms with van der Waals surface area (Å²) in [5, 5.41) is 9.68. The normalized spacial score (nSPS) is 11.9. The van der Waals surface area contributed by atoms with Crippen LogP contribution in [0.25, 0.3) is 11.0 Å². The number of carboxylic acid groups (broad SMARTS) is 1. The molecule has 3 aromatic rings. The Kier molecular flexibility index (Phi) is 5.66. The van der Waals surface area contributed by atoms with Crippen LogP contribution in [0.1, 0.15) is 40.9 Å². The van der Waals surface area contributed by atoms with Gasteiger partial charge in [0.2, 0.25) is 6.10 Å². The van der Waals surface area contributed by atoms with Gasteiger partial charge in [0.05, 0.1) is 24.4 Å². The zero-order valence-electron chi connectivity index (χ0n) is 14.8. The lowest BCUT2D eigenvalue weighted by Crippen LogP contribution is -2.19. The molecule has 0 amide bonds. The molecule has 0 fully saturated rings. The SMILES string of the molecule is CCCc1cc(C(=O)OC)ccc1OC(C(=O)O)c1ccc2nsnc2c1. The van der Waals surface area contributed by atoms with Crippen LogP contribution in [0.4, 0.5) is 0 Å². The van der Waals surface area contributed by atoms with Gasteiger partial charge < -0.3 is 14.6 Å². The Bertz CT molecular complexity index is 985. The minimum absolute atomic E-state index is 0.398. The highest BCUT2D eigenvalue weighted by molar-refractivity contribution is 7.00. The van der Waals surface area contributed by atoms with Gasteiger partial charge >= 0.3 is 11.9 Å². The van der Waals surface area contributed by atoms with Crippen LogP contribution < -0.4 is 4.74 Å². The van der Waals surface area contributed by atoms with Crippen molar-refractivity contribution in [2.75, 3.05) is 7.11 Å². The lowest BCUT2D eigenvalue weighted by atomic mass is 10.0. The molecule has 0 aliphatic carbocycles. The zero-order valence-corrected chi connectivity index (χ0v) is 15.7. The van der Waals surface area contributed by atoms with Crippen LogP contribution in [0.5, 0.6) is 5.75 Å². The molecule has 1 aromatic heterocycles. The number of nitrogens with zero attached hydrogens (tertiary/aromatic N) is 2. The Morgan fingerprint density at radius 1 is 1.15 bits per heavy atom. The molecule has 1 unspecified atom stereocenters. The Labute approximate surface area is 159 Å². The van der Waals surface area contributed by atoms with E-state index in [0.717, 1.165) is 23.7 Å². The maximum Gasteiger partial charge on any atom is 0.349 e. The molecule has 0 radical (unpaired) electrons. The molecule has 1 N–H and O–H groups in total. The van der Waals surface area contributed by atoms with Crippen molar-refractivity contribution >= 4 is 34.7 Å². The predicted molar refractivity (Wildman–Crippen MR) is 100 cm³/mol. The maximum absolute atomic E-state index is 11.8. The van der Waals surface area contributed by atoms with Crippen LogP contribution in [0, 0.1) is 0 Å². The van der Waals surface area contributed by atoms with Crippen molar-refractivity contribution in [3.05, 3.63) is 53.1 Å². The smallest absolute Gasteiger partial charge is 0.349 e. The molecule has 3 rings (SSSR count). The molecule has 0 aliphatic rings. The second-order valence-corrected chi connectivity index (χ2v) is 6.44. The van der Waals surface area contributed by atoms with Gasteiger partial charge in [-0.1, -0.05) is 19.4 Å². The Balaban J connectivity index is 1.96. The highest BCUT2D eigenvalue weighted by Crippen LogP contribution is 2.29. The number of methoxy groups -OCH3 is 1. The summed E-state index contributed by atoms with van der Waals surface area (Å²) in [5.74, 6) is -1.14. The molecule has 7 nitrogen and oxygen atoms in total. The predicted octanol–water partition coefficient (Wildman–Crippen LogP) is 3.64. The summed E-state index contributed by atoms with van der Waals surface area (Å²) >= 11 is 1.07. The third-order valence-corrected chi connectivity index (χ3v) is 4.61. The Morgan fingerprint density at radius 2 is 1.93 bits per heavy atom. The van der Waals surface area contributed by atoms with E-state index in [0.29, 0.717) is 34.3 Å². The fourth-order valence-electron chi connectivity index (χ4n) is 2.75. The van der Waals surface area contributed by atoms with Crippen molar-refractivity contribution in [3.8, 4) is 5.75 Å². The van der Waals surface area contributed by atoms with Gasteiger partial charge in [0.25, 0.3) is 0 Å². The average Bonchev–Trinajstić information content (AvgIpc) is 3.14. The first-order valence-electron chi connectivity index (χ1n) is 8.36. The van der Waals surface area contributed by atoms with Crippen molar-refractivity contribution in [2.45, 2.75) is 25.9 Å². The van der Waals surface area contributed by atoms with Gasteiger partial charge in [-0.3, -0.25) is 0 Å². The molecule has 2 aromatic carbocycles. The number of aliphatic carboxylic acids is 1. The zero-order chi connectivity index (χ0) is 19.4. The van der Waals surface area contributed by atoms with E-state index in [9.17, 15) is 14.7 Å². The minimum atomic E-state index is -1.20. The second kappa shape index (κ2) is 8.13. The highest BCUT2D eigenvalue weighted by atomic mass is 32.1.